The molecule has 8 heteroatoms. The molecule has 0 radical (unpaired) electrons. The van der Waals surface area contributed by atoms with Crippen molar-refractivity contribution in [1.29, 1.82) is 0 Å². The first-order valence-corrected chi connectivity index (χ1v) is 7.75. The molecule has 2 unspecified atom stereocenters. The summed E-state index contributed by atoms with van der Waals surface area (Å²) in [7, 11) is 1.43. The molecule has 0 spiro atoms. The van der Waals surface area contributed by atoms with Crippen molar-refractivity contribution in [2.24, 2.45) is 0 Å². The molecule has 0 bridgehead atoms. The van der Waals surface area contributed by atoms with Crippen molar-refractivity contribution in [2.45, 2.75) is 45.0 Å². The standard InChI is InChI=1S/C17H25NO7/c1-17(2,3)25-16(23)18-9-13(19)15(22)12-8-11(24-4)6-5-10(12)7-14(20)21/h5-6,8,13,15,19,22H,7,9H2,1-4H3,(H,18,23)(H,20,21). The highest BCUT2D eigenvalue weighted by Crippen LogP contribution is 2.26. The van der Waals surface area contributed by atoms with E-state index < -0.39 is 29.9 Å². The Morgan fingerprint density at radius 3 is 2.40 bits per heavy atom. The van der Waals surface area contributed by atoms with Gasteiger partial charge in [0.25, 0.3) is 0 Å². The van der Waals surface area contributed by atoms with Crippen LogP contribution in [0.3, 0.4) is 0 Å². The van der Waals surface area contributed by atoms with Gasteiger partial charge in [-0.05, 0) is 44.0 Å². The lowest BCUT2D eigenvalue weighted by Gasteiger charge is -2.23. The second kappa shape index (κ2) is 8.68. The first-order chi connectivity index (χ1) is 11.5. The third-order valence-corrected chi connectivity index (χ3v) is 3.23. The second-order valence-electron chi connectivity index (χ2n) is 6.53. The highest BCUT2D eigenvalue weighted by atomic mass is 16.6. The minimum atomic E-state index is -1.40. The molecule has 0 saturated heterocycles. The Labute approximate surface area is 146 Å². The Morgan fingerprint density at radius 2 is 1.88 bits per heavy atom. The Morgan fingerprint density at radius 1 is 1.24 bits per heavy atom. The zero-order chi connectivity index (χ0) is 19.2. The third kappa shape index (κ3) is 6.98. The number of carbonyl (C=O) groups is 2. The number of aliphatic hydroxyl groups excluding tert-OH is 2. The Balaban J connectivity index is 2.84. The lowest BCUT2D eigenvalue weighted by molar-refractivity contribution is -0.136. The van der Waals surface area contributed by atoms with Crippen LogP contribution in [0.2, 0.25) is 0 Å². The molecular weight excluding hydrogens is 330 g/mol. The highest BCUT2D eigenvalue weighted by Gasteiger charge is 2.24. The number of carboxylic acids is 1. The van der Waals surface area contributed by atoms with Crippen molar-refractivity contribution in [3.63, 3.8) is 0 Å². The monoisotopic (exact) mass is 355 g/mol. The molecule has 0 fully saturated rings. The number of aliphatic carboxylic acids is 1. The lowest BCUT2D eigenvalue weighted by Crippen LogP contribution is -2.39. The molecular formula is C17H25NO7. The molecule has 1 aromatic rings. The van der Waals surface area contributed by atoms with Gasteiger partial charge >= 0.3 is 12.1 Å². The predicted octanol–water partition coefficient (Wildman–Crippen LogP) is 1.24. The van der Waals surface area contributed by atoms with Gasteiger partial charge in [-0.1, -0.05) is 6.07 Å². The van der Waals surface area contributed by atoms with E-state index in [1.165, 1.54) is 19.2 Å². The number of aliphatic hydroxyl groups is 2. The van der Waals surface area contributed by atoms with E-state index in [0.717, 1.165) is 0 Å². The van der Waals surface area contributed by atoms with Crippen LogP contribution in [0.15, 0.2) is 18.2 Å². The van der Waals surface area contributed by atoms with Crippen molar-refractivity contribution in [3.8, 4) is 5.75 Å². The van der Waals surface area contributed by atoms with Crippen molar-refractivity contribution in [2.75, 3.05) is 13.7 Å². The van der Waals surface area contributed by atoms with Gasteiger partial charge in [0.2, 0.25) is 0 Å². The van der Waals surface area contributed by atoms with Gasteiger partial charge in [-0.2, -0.15) is 0 Å². The fraction of sp³-hybridized carbons (Fsp3) is 0.529. The SMILES string of the molecule is COc1ccc(CC(=O)O)c(C(O)C(O)CNC(=O)OC(C)(C)C)c1. The van der Waals surface area contributed by atoms with Gasteiger partial charge in [0, 0.05) is 6.54 Å². The number of alkyl carbamates (subject to hydrolysis) is 1. The molecule has 0 aliphatic heterocycles. The molecule has 0 aliphatic rings. The second-order valence-corrected chi connectivity index (χ2v) is 6.53. The number of hydrogen-bond donors (Lipinski definition) is 4. The van der Waals surface area contributed by atoms with Crippen LogP contribution in [-0.4, -0.2) is 52.7 Å². The maximum absolute atomic E-state index is 11.6. The molecule has 1 amide bonds. The van der Waals surface area contributed by atoms with Gasteiger partial charge in [0.15, 0.2) is 0 Å². The number of nitrogens with one attached hydrogen (secondary N) is 1. The largest absolute Gasteiger partial charge is 0.497 e. The van der Waals surface area contributed by atoms with Crippen molar-refractivity contribution < 1.29 is 34.4 Å². The van der Waals surface area contributed by atoms with Gasteiger partial charge in [0.05, 0.1) is 13.5 Å². The summed E-state index contributed by atoms with van der Waals surface area (Å²) in [5.41, 5.74) is -0.118. The Bertz CT molecular complexity index is 610. The van der Waals surface area contributed by atoms with Crippen molar-refractivity contribution >= 4 is 12.1 Å². The Kier molecular flexibility index (Phi) is 7.20. The van der Waals surface area contributed by atoms with E-state index in [2.05, 4.69) is 5.32 Å². The summed E-state index contributed by atoms with van der Waals surface area (Å²) >= 11 is 0. The van der Waals surface area contributed by atoms with Gasteiger partial charge in [-0.25, -0.2) is 4.79 Å². The summed E-state index contributed by atoms with van der Waals surface area (Å²) in [5.74, 6) is -0.657. The molecule has 1 aromatic carbocycles. The van der Waals surface area contributed by atoms with Crippen LogP contribution in [0.5, 0.6) is 5.75 Å². The smallest absolute Gasteiger partial charge is 0.407 e. The fourth-order valence-corrected chi connectivity index (χ4v) is 2.12. The summed E-state index contributed by atoms with van der Waals surface area (Å²) in [5, 5.41) is 31.8. The van der Waals surface area contributed by atoms with E-state index in [9.17, 15) is 19.8 Å². The van der Waals surface area contributed by atoms with E-state index in [-0.39, 0.29) is 18.5 Å². The quantitative estimate of drug-likeness (QED) is 0.580. The predicted molar refractivity (Wildman–Crippen MR) is 89.5 cm³/mol. The van der Waals surface area contributed by atoms with Crippen molar-refractivity contribution in [1.82, 2.24) is 5.32 Å². The van der Waals surface area contributed by atoms with Gasteiger partial charge < -0.3 is 30.1 Å². The maximum atomic E-state index is 11.6. The highest BCUT2D eigenvalue weighted by molar-refractivity contribution is 5.71. The van der Waals surface area contributed by atoms with E-state index in [4.69, 9.17) is 14.6 Å². The number of amides is 1. The molecule has 0 aliphatic carbocycles. The van der Waals surface area contributed by atoms with Gasteiger partial charge in [0.1, 0.15) is 23.6 Å². The van der Waals surface area contributed by atoms with Crippen LogP contribution in [0, 0.1) is 0 Å². The molecule has 140 valence electrons. The summed E-state index contributed by atoms with van der Waals surface area (Å²) in [6, 6.07) is 4.54. The number of hydrogen-bond acceptors (Lipinski definition) is 6. The summed E-state index contributed by atoms with van der Waals surface area (Å²) in [4.78, 5) is 22.6. The van der Waals surface area contributed by atoms with Crippen LogP contribution in [-0.2, 0) is 16.0 Å². The summed E-state index contributed by atoms with van der Waals surface area (Å²) < 4.78 is 10.1. The topological polar surface area (TPSA) is 125 Å². The molecule has 0 heterocycles. The van der Waals surface area contributed by atoms with Gasteiger partial charge in [-0.15, -0.1) is 0 Å². The minimum Gasteiger partial charge on any atom is -0.497 e. The lowest BCUT2D eigenvalue weighted by atomic mass is 9.96. The van der Waals surface area contributed by atoms with Crippen LogP contribution < -0.4 is 10.1 Å². The third-order valence-electron chi connectivity index (χ3n) is 3.23. The number of methoxy groups -OCH3 is 1. The molecule has 0 saturated carbocycles. The first kappa shape index (κ1) is 20.7. The molecule has 2 atom stereocenters. The molecule has 4 N–H and O–H groups in total. The van der Waals surface area contributed by atoms with Crippen LogP contribution in [0.25, 0.3) is 0 Å². The number of rotatable bonds is 7. The van der Waals surface area contributed by atoms with E-state index >= 15 is 0 Å². The molecule has 8 nitrogen and oxygen atoms in total. The molecule has 1 rings (SSSR count). The number of carboxylic acid groups (broad SMARTS) is 1. The summed E-state index contributed by atoms with van der Waals surface area (Å²) in [6.07, 6.45) is -3.80. The first-order valence-electron chi connectivity index (χ1n) is 7.75. The van der Waals surface area contributed by atoms with E-state index in [1.54, 1.807) is 26.8 Å². The van der Waals surface area contributed by atoms with E-state index in [1.807, 2.05) is 0 Å². The average molecular weight is 355 g/mol. The summed E-state index contributed by atoms with van der Waals surface area (Å²) in [6.45, 7) is 4.84. The average Bonchev–Trinajstić information content (AvgIpc) is 2.50. The molecule has 0 aromatic heterocycles. The van der Waals surface area contributed by atoms with Gasteiger partial charge in [-0.3, -0.25) is 4.79 Å². The number of ether oxygens (including phenoxy) is 2. The maximum Gasteiger partial charge on any atom is 0.407 e. The van der Waals surface area contributed by atoms with E-state index in [0.29, 0.717) is 11.3 Å². The van der Waals surface area contributed by atoms with Crippen LogP contribution in [0.1, 0.15) is 38.0 Å². The number of carbonyl (C=O) groups excluding carboxylic acids is 1. The molecule has 25 heavy (non-hydrogen) atoms. The van der Waals surface area contributed by atoms with Crippen LogP contribution >= 0.6 is 0 Å². The Hall–Kier alpha value is -2.32. The van der Waals surface area contributed by atoms with Crippen LogP contribution in [0.4, 0.5) is 4.79 Å². The zero-order valence-electron chi connectivity index (χ0n) is 14.8. The minimum absolute atomic E-state index is 0.222. The fourth-order valence-electron chi connectivity index (χ4n) is 2.12. The normalized spacial score (nSPS) is 13.7. The zero-order valence-corrected chi connectivity index (χ0v) is 14.8. The van der Waals surface area contributed by atoms with Crippen molar-refractivity contribution in [3.05, 3.63) is 29.3 Å². The number of benzene rings is 1.